The van der Waals surface area contributed by atoms with Crippen molar-refractivity contribution >= 4 is 0 Å². The lowest BCUT2D eigenvalue weighted by atomic mass is 10.1. The van der Waals surface area contributed by atoms with Gasteiger partial charge in [-0.3, -0.25) is 15.6 Å². The molecule has 7 heteroatoms. The van der Waals surface area contributed by atoms with Gasteiger partial charge in [0.1, 0.15) is 12.2 Å². The standard InChI is InChI=1S/C9H15N7/c1-16-5-7(4-13-16)2-3-8(14-10)9-11-6-12-15-9/h4-6,8,14H,2-3,10H2,1H3,(H,11,12,15). The Kier molecular flexibility index (Phi) is 3.28. The molecule has 0 aliphatic rings. The Morgan fingerprint density at radius 1 is 1.62 bits per heavy atom. The second-order valence-electron chi connectivity index (χ2n) is 3.65. The summed E-state index contributed by atoms with van der Waals surface area (Å²) in [5.74, 6) is 6.23. The van der Waals surface area contributed by atoms with Crippen LogP contribution in [-0.2, 0) is 13.5 Å². The normalized spacial score (nSPS) is 12.9. The first kappa shape index (κ1) is 10.8. The number of aromatic amines is 1. The number of nitrogens with zero attached hydrogens (tertiary/aromatic N) is 4. The molecule has 0 aliphatic carbocycles. The second kappa shape index (κ2) is 4.86. The lowest BCUT2D eigenvalue weighted by Gasteiger charge is -2.11. The van der Waals surface area contributed by atoms with Crippen molar-refractivity contribution in [3.05, 3.63) is 30.1 Å². The first-order valence-corrected chi connectivity index (χ1v) is 5.08. The van der Waals surface area contributed by atoms with Gasteiger partial charge < -0.3 is 0 Å². The van der Waals surface area contributed by atoms with Crippen molar-refractivity contribution in [1.82, 2.24) is 30.4 Å². The molecule has 0 bridgehead atoms. The van der Waals surface area contributed by atoms with E-state index >= 15 is 0 Å². The van der Waals surface area contributed by atoms with Crippen molar-refractivity contribution in [2.45, 2.75) is 18.9 Å². The van der Waals surface area contributed by atoms with E-state index in [2.05, 4.69) is 25.7 Å². The fraction of sp³-hybridized carbons (Fsp3) is 0.444. The number of rotatable bonds is 5. The minimum absolute atomic E-state index is 0.0114. The van der Waals surface area contributed by atoms with E-state index in [1.807, 2.05) is 19.4 Å². The van der Waals surface area contributed by atoms with E-state index in [1.54, 1.807) is 4.68 Å². The summed E-state index contributed by atoms with van der Waals surface area (Å²) in [4.78, 5) is 4.07. The van der Waals surface area contributed by atoms with Crippen LogP contribution in [0.5, 0.6) is 0 Å². The number of H-pyrrole nitrogens is 1. The highest BCUT2D eigenvalue weighted by molar-refractivity contribution is 5.05. The number of aryl methyl sites for hydroxylation is 2. The summed E-state index contributed by atoms with van der Waals surface area (Å²) >= 11 is 0. The zero-order valence-electron chi connectivity index (χ0n) is 9.09. The van der Waals surface area contributed by atoms with Gasteiger partial charge in [0.25, 0.3) is 0 Å². The van der Waals surface area contributed by atoms with Crippen molar-refractivity contribution in [2.75, 3.05) is 0 Å². The number of hydrazine groups is 1. The van der Waals surface area contributed by atoms with Crippen LogP contribution in [-0.4, -0.2) is 25.0 Å². The van der Waals surface area contributed by atoms with E-state index in [1.165, 1.54) is 11.9 Å². The third-order valence-corrected chi connectivity index (χ3v) is 2.44. The fourth-order valence-corrected chi connectivity index (χ4v) is 1.59. The summed E-state index contributed by atoms with van der Waals surface area (Å²) in [5, 5.41) is 10.7. The maximum Gasteiger partial charge on any atom is 0.142 e. The highest BCUT2D eigenvalue weighted by atomic mass is 15.3. The Balaban J connectivity index is 1.93. The first-order chi connectivity index (χ1) is 7.79. The predicted molar refractivity (Wildman–Crippen MR) is 58.0 cm³/mol. The average molecular weight is 221 g/mol. The van der Waals surface area contributed by atoms with E-state index in [-0.39, 0.29) is 6.04 Å². The summed E-state index contributed by atoms with van der Waals surface area (Å²) in [6, 6.07) is -0.0114. The van der Waals surface area contributed by atoms with Crippen molar-refractivity contribution in [2.24, 2.45) is 12.9 Å². The summed E-state index contributed by atoms with van der Waals surface area (Å²) in [5.41, 5.74) is 3.90. The molecule has 86 valence electrons. The van der Waals surface area contributed by atoms with Gasteiger partial charge in [0, 0.05) is 13.2 Å². The molecule has 0 spiro atoms. The number of hydrogen-bond acceptors (Lipinski definition) is 5. The molecular formula is C9H15N7. The molecule has 1 atom stereocenters. The molecule has 0 saturated heterocycles. The Morgan fingerprint density at radius 2 is 2.50 bits per heavy atom. The molecule has 0 aromatic carbocycles. The molecule has 0 saturated carbocycles. The highest BCUT2D eigenvalue weighted by Gasteiger charge is 2.12. The molecule has 16 heavy (non-hydrogen) atoms. The van der Waals surface area contributed by atoms with Gasteiger partial charge in [-0.25, -0.2) is 10.4 Å². The smallest absolute Gasteiger partial charge is 0.142 e. The molecular weight excluding hydrogens is 206 g/mol. The van der Waals surface area contributed by atoms with Crippen molar-refractivity contribution in [3.63, 3.8) is 0 Å². The molecule has 2 heterocycles. The zero-order chi connectivity index (χ0) is 11.4. The van der Waals surface area contributed by atoms with Crippen LogP contribution in [0, 0.1) is 0 Å². The van der Waals surface area contributed by atoms with Crippen LogP contribution in [0.4, 0.5) is 0 Å². The minimum Gasteiger partial charge on any atom is -0.276 e. The Bertz CT molecular complexity index is 419. The van der Waals surface area contributed by atoms with E-state index < -0.39 is 0 Å². The number of nitrogens with one attached hydrogen (secondary N) is 2. The summed E-state index contributed by atoms with van der Waals surface area (Å²) < 4.78 is 1.79. The van der Waals surface area contributed by atoms with Crippen LogP contribution in [0.2, 0.25) is 0 Å². The zero-order valence-corrected chi connectivity index (χ0v) is 9.09. The van der Waals surface area contributed by atoms with Crippen LogP contribution >= 0.6 is 0 Å². The van der Waals surface area contributed by atoms with Crippen LogP contribution in [0.1, 0.15) is 23.9 Å². The van der Waals surface area contributed by atoms with Gasteiger partial charge in [-0.1, -0.05) is 0 Å². The molecule has 7 nitrogen and oxygen atoms in total. The van der Waals surface area contributed by atoms with Gasteiger partial charge in [-0.2, -0.15) is 10.2 Å². The third-order valence-electron chi connectivity index (χ3n) is 2.44. The van der Waals surface area contributed by atoms with Gasteiger partial charge in [-0.05, 0) is 18.4 Å². The molecule has 0 fully saturated rings. The SMILES string of the molecule is Cn1cc(CCC(NN)c2ncn[nH]2)cn1. The number of nitrogens with two attached hydrogens (primary N) is 1. The quantitative estimate of drug-likeness (QED) is 0.474. The van der Waals surface area contributed by atoms with Crippen LogP contribution < -0.4 is 11.3 Å². The Morgan fingerprint density at radius 3 is 3.06 bits per heavy atom. The second-order valence-corrected chi connectivity index (χ2v) is 3.65. The monoisotopic (exact) mass is 221 g/mol. The maximum absolute atomic E-state index is 5.47. The molecule has 2 aromatic rings. The summed E-state index contributed by atoms with van der Waals surface area (Å²) in [6.45, 7) is 0. The van der Waals surface area contributed by atoms with Crippen LogP contribution in [0.25, 0.3) is 0 Å². The fourth-order valence-electron chi connectivity index (χ4n) is 1.59. The van der Waals surface area contributed by atoms with Crippen LogP contribution in [0.15, 0.2) is 18.7 Å². The largest absolute Gasteiger partial charge is 0.276 e. The molecule has 0 aliphatic heterocycles. The summed E-state index contributed by atoms with van der Waals surface area (Å²) in [7, 11) is 1.90. The highest BCUT2D eigenvalue weighted by Crippen LogP contribution is 2.13. The number of hydrogen-bond donors (Lipinski definition) is 3. The van der Waals surface area contributed by atoms with Gasteiger partial charge >= 0.3 is 0 Å². The predicted octanol–water partition coefficient (Wildman–Crippen LogP) is -0.325. The molecule has 0 radical (unpaired) electrons. The Labute approximate surface area is 93.0 Å². The van der Waals surface area contributed by atoms with Crippen molar-refractivity contribution in [1.29, 1.82) is 0 Å². The first-order valence-electron chi connectivity index (χ1n) is 5.08. The van der Waals surface area contributed by atoms with Gasteiger partial charge in [0.05, 0.1) is 12.2 Å². The van der Waals surface area contributed by atoms with Crippen molar-refractivity contribution in [3.8, 4) is 0 Å². The molecule has 4 N–H and O–H groups in total. The van der Waals surface area contributed by atoms with E-state index in [9.17, 15) is 0 Å². The van der Waals surface area contributed by atoms with E-state index in [0.717, 1.165) is 18.7 Å². The molecule has 2 rings (SSSR count). The van der Waals surface area contributed by atoms with Gasteiger partial charge in [0.2, 0.25) is 0 Å². The van der Waals surface area contributed by atoms with Crippen molar-refractivity contribution < 1.29 is 0 Å². The molecule has 1 unspecified atom stereocenters. The van der Waals surface area contributed by atoms with Gasteiger partial charge in [-0.15, -0.1) is 0 Å². The molecule has 2 aromatic heterocycles. The minimum atomic E-state index is -0.0114. The van der Waals surface area contributed by atoms with Crippen LogP contribution in [0.3, 0.4) is 0 Å². The lowest BCUT2D eigenvalue weighted by Crippen LogP contribution is -2.29. The molecule has 0 amide bonds. The Hall–Kier alpha value is -1.73. The lowest BCUT2D eigenvalue weighted by molar-refractivity contribution is 0.492. The topological polar surface area (TPSA) is 97.4 Å². The summed E-state index contributed by atoms with van der Waals surface area (Å²) in [6.07, 6.45) is 7.06. The number of aromatic nitrogens is 5. The van der Waals surface area contributed by atoms with Gasteiger partial charge in [0.15, 0.2) is 0 Å². The maximum atomic E-state index is 5.47. The van der Waals surface area contributed by atoms with E-state index in [0.29, 0.717) is 0 Å². The van der Waals surface area contributed by atoms with E-state index in [4.69, 9.17) is 5.84 Å². The third kappa shape index (κ3) is 2.44. The average Bonchev–Trinajstić information content (AvgIpc) is 2.91.